The average molecular weight is 1080 g/mol. The molecule has 19 nitrogen and oxygen atoms in total. The highest BCUT2D eigenvalue weighted by atomic mass is 16.6. The summed E-state index contributed by atoms with van der Waals surface area (Å²) in [5, 5.41) is 128. The molecule has 0 spiro atoms. The Morgan fingerprint density at radius 1 is 0.361 bits per heavy atom. The van der Waals surface area contributed by atoms with Gasteiger partial charge < -0.3 is 33.2 Å². The summed E-state index contributed by atoms with van der Waals surface area (Å²) in [7, 11) is 0. The Kier molecular flexibility index (Phi) is 16.0. The highest BCUT2D eigenvalue weighted by Gasteiger charge is 2.43. The average Bonchev–Trinajstić information content (AvgIpc) is 2.45. The summed E-state index contributed by atoms with van der Waals surface area (Å²) < 4.78 is 46.3. The molecule has 0 fully saturated rings. The molecule has 0 aliphatic heterocycles. The smallest absolute Gasteiger partial charge is 0.217 e. The molecule has 83 heavy (non-hydrogen) atoms. The van der Waals surface area contributed by atoms with Gasteiger partial charge in [0.15, 0.2) is 34.9 Å². The molecule has 0 saturated carbocycles. The summed E-state index contributed by atoms with van der Waals surface area (Å²) in [5.41, 5.74) is -3.21. The van der Waals surface area contributed by atoms with E-state index >= 15 is 0 Å². The fourth-order valence-electron chi connectivity index (χ4n) is 8.43. The van der Waals surface area contributed by atoms with Gasteiger partial charge in [0.1, 0.15) is 105 Å². The molecule has 7 aromatic carbocycles. The van der Waals surface area contributed by atoms with E-state index < -0.39 is 96.8 Å². The molecule has 390 valence electrons. The fraction of sp³-hybridized carbons (Fsp3) is 0.0938. The van der Waals surface area contributed by atoms with Crippen LogP contribution in [0.5, 0.6) is 74.7 Å². The molecule has 0 saturated heterocycles. The van der Waals surface area contributed by atoms with E-state index in [4.69, 9.17) is 33.2 Å². The fourth-order valence-corrected chi connectivity index (χ4v) is 8.43. The van der Waals surface area contributed by atoms with Crippen molar-refractivity contribution in [2.24, 2.45) is 5.41 Å². The number of allylic oxidation sites excluding steroid dienone is 2. The zero-order chi connectivity index (χ0) is 59.5. The van der Waals surface area contributed by atoms with Gasteiger partial charge >= 0.3 is 0 Å². The number of benzene rings is 7. The van der Waals surface area contributed by atoms with E-state index in [-0.39, 0.29) is 45.1 Å². The predicted octanol–water partition coefficient (Wildman–Crippen LogP) is 13.3. The standard InChI is InChI=1S/C64H32N12O7/c1-36-18-37(2)20-46(19-36)78-61-59(77-45-15-11-38(3)39(4)21-45)50(32-73)56(51(33-74)60(61)82-55-10-5-6-17-64(55,34-75)35-76)83-63-58(81-54-23-41(25-66)12-14-43(54)27-68)49(31-72)48(30-71)57(79-52-16-13-40(24-65)22-44(52)28-69)62(63)80-53-9-7-8-42(26-67)47(53)29-70/h5-23,55H,1-4H3. The van der Waals surface area contributed by atoms with Gasteiger partial charge in [0.25, 0.3) is 0 Å². The molecular weight excluding hydrogens is 1050 g/mol. The SMILES string of the molecule is Cc1cc(C)cc(Oc2c(Oc3ccc(C)c(C)c3)c(C#N)c(Oc3c(Oc4cc(C#N)ccc4C#N)c(C#N)c(C#N)c(Oc4ccc(C#N)cc4C#N)c3Oc3cccc(C#N)c3C#N)c(C#N)c2OC2C=CC=CC2(C#N)C#N)c1. The van der Waals surface area contributed by atoms with Crippen molar-refractivity contribution >= 4 is 0 Å². The van der Waals surface area contributed by atoms with Crippen LogP contribution in [0.2, 0.25) is 0 Å². The van der Waals surface area contributed by atoms with Crippen LogP contribution in [0.25, 0.3) is 0 Å². The highest BCUT2D eigenvalue weighted by molar-refractivity contribution is 5.80. The second kappa shape index (κ2) is 23.8. The van der Waals surface area contributed by atoms with Gasteiger partial charge in [-0.1, -0.05) is 30.4 Å². The van der Waals surface area contributed by atoms with Crippen molar-refractivity contribution < 1.29 is 33.2 Å². The van der Waals surface area contributed by atoms with Crippen molar-refractivity contribution in [3.63, 3.8) is 0 Å². The van der Waals surface area contributed by atoms with Crippen LogP contribution < -0.4 is 33.2 Å². The van der Waals surface area contributed by atoms with Crippen molar-refractivity contribution in [2.75, 3.05) is 0 Å². The first-order chi connectivity index (χ1) is 40.2. The predicted molar refractivity (Wildman–Crippen MR) is 288 cm³/mol. The van der Waals surface area contributed by atoms with E-state index in [0.29, 0.717) is 11.1 Å². The van der Waals surface area contributed by atoms with Crippen LogP contribution >= 0.6 is 0 Å². The van der Waals surface area contributed by atoms with Crippen LogP contribution in [0.3, 0.4) is 0 Å². The molecule has 0 aromatic heterocycles. The van der Waals surface area contributed by atoms with Crippen LogP contribution in [0.4, 0.5) is 0 Å². The van der Waals surface area contributed by atoms with Crippen LogP contribution in [-0.4, -0.2) is 6.10 Å². The molecule has 0 amide bonds. The van der Waals surface area contributed by atoms with E-state index in [2.05, 4.69) is 0 Å². The molecule has 19 heteroatoms. The summed E-state index contributed by atoms with van der Waals surface area (Å²) in [5.74, 6) is -6.73. The monoisotopic (exact) mass is 1080 g/mol. The minimum atomic E-state index is -2.08. The molecule has 1 unspecified atom stereocenters. The number of hydrogen-bond acceptors (Lipinski definition) is 19. The van der Waals surface area contributed by atoms with Crippen molar-refractivity contribution in [1.82, 2.24) is 0 Å². The Morgan fingerprint density at radius 3 is 1.52 bits per heavy atom. The van der Waals surface area contributed by atoms with Crippen LogP contribution in [0, 0.1) is 169 Å². The van der Waals surface area contributed by atoms with Gasteiger partial charge in [-0.05, 0) is 135 Å². The number of nitriles is 12. The molecule has 0 bridgehead atoms. The number of ether oxygens (including phenoxy) is 7. The summed E-state index contributed by atoms with van der Waals surface area (Å²) in [4.78, 5) is 0. The van der Waals surface area contributed by atoms with E-state index in [1.54, 1.807) is 51.1 Å². The van der Waals surface area contributed by atoms with Gasteiger partial charge in [0.05, 0.1) is 52.1 Å². The second-order valence-corrected chi connectivity index (χ2v) is 17.9. The summed E-state index contributed by atoms with van der Waals surface area (Å²) >= 11 is 0. The molecule has 1 aliphatic rings. The minimum Gasteiger partial charge on any atom is -0.478 e. The zero-order valence-electron chi connectivity index (χ0n) is 43.8. The maximum atomic E-state index is 11.6. The Balaban J connectivity index is 1.60. The third-order valence-electron chi connectivity index (χ3n) is 12.6. The molecule has 7 aromatic rings. The third-order valence-corrected chi connectivity index (χ3v) is 12.6. The van der Waals surface area contributed by atoms with Gasteiger partial charge in [-0.15, -0.1) is 0 Å². The van der Waals surface area contributed by atoms with Crippen molar-refractivity contribution in [1.29, 1.82) is 63.1 Å². The number of nitrogens with zero attached hydrogens (tertiary/aromatic N) is 12. The van der Waals surface area contributed by atoms with E-state index in [1.165, 1.54) is 66.8 Å². The normalized spacial score (nSPS) is 12.1. The zero-order valence-corrected chi connectivity index (χ0v) is 43.8. The van der Waals surface area contributed by atoms with Crippen LogP contribution in [0.1, 0.15) is 77.9 Å². The first kappa shape index (κ1) is 55.7. The Hall–Kier alpha value is -13.5. The molecule has 0 N–H and O–H groups in total. The topological polar surface area (TPSA) is 350 Å². The quantitative estimate of drug-likeness (QED) is 0.0976. The second-order valence-electron chi connectivity index (χ2n) is 17.9. The molecule has 1 atom stereocenters. The summed E-state index contributed by atoms with van der Waals surface area (Å²) in [6, 6.07) is 44.4. The molecule has 1 aliphatic carbocycles. The largest absolute Gasteiger partial charge is 0.478 e. The lowest BCUT2D eigenvalue weighted by Crippen LogP contribution is -2.35. The maximum absolute atomic E-state index is 11.6. The van der Waals surface area contributed by atoms with E-state index in [9.17, 15) is 63.1 Å². The Labute approximate surface area is 474 Å². The Morgan fingerprint density at radius 2 is 0.916 bits per heavy atom. The summed E-state index contributed by atoms with van der Waals surface area (Å²) in [6.45, 7) is 7.21. The summed E-state index contributed by atoms with van der Waals surface area (Å²) in [6.07, 6.45) is 4.00. The molecule has 8 rings (SSSR count). The van der Waals surface area contributed by atoms with Gasteiger partial charge in [-0.25, -0.2) is 0 Å². The van der Waals surface area contributed by atoms with Gasteiger partial charge in [0, 0.05) is 0 Å². The van der Waals surface area contributed by atoms with E-state index in [1.807, 2.05) is 85.8 Å². The van der Waals surface area contributed by atoms with Crippen LogP contribution in [-0.2, 0) is 0 Å². The maximum Gasteiger partial charge on any atom is 0.217 e. The van der Waals surface area contributed by atoms with Crippen molar-refractivity contribution in [3.8, 4) is 148 Å². The molecule has 0 radical (unpaired) electrons. The van der Waals surface area contributed by atoms with Gasteiger partial charge in [-0.3, -0.25) is 0 Å². The Bertz CT molecular complexity index is 4520. The lowest BCUT2D eigenvalue weighted by atomic mass is 9.82. The van der Waals surface area contributed by atoms with Gasteiger partial charge in [0.2, 0.25) is 22.7 Å². The number of hydrogen-bond donors (Lipinski definition) is 0. The number of aryl methyl sites for hydroxylation is 4. The van der Waals surface area contributed by atoms with Gasteiger partial charge in [-0.2, -0.15) is 63.1 Å². The first-order valence-electron chi connectivity index (χ1n) is 24.2. The highest BCUT2D eigenvalue weighted by Crippen LogP contribution is 2.59. The lowest BCUT2D eigenvalue weighted by molar-refractivity contribution is 0.184. The first-order valence-corrected chi connectivity index (χ1v) is 24.2. The van der Waals surface area contributed by atoms with E-state index in [0.717, 1.165) is 23.3 Å². The minimum absolute atomic E-state index is 0.00707. The van der Waals surface area contributed by atoms with Crippen molar-refractivity contribution in [2.45, 2.75) is 33.8 Å². The third kappa shape index (κ3) is 10.8. The molecule has 0 heterocycles. The van der Waals surface area contributed by atoms with Crippen LogP contribution in [0.15, 0.2) is 115 Å². The van der Waals surface area contributed by atoms with Crippen molar-refractivity contribution in [3.05, 3.63) is 193 Å². The number of rotatable bonds is 14. The molecular formula is C64H32N12O7. The lowest BCUT2D eigenvalue weighted by Gasteiger charge is -2.29.